The predicted molar refractivity (Wildman–Crippen MR) is 202 cm³/mol. The molecule has 3 rings (SSSR count). The monoisotopic (exact) mass is 730 g/mol. The first-order valence-electron chi connectivity index (χ1n) is 18.1. The molecule has 53 heavy (non-hydrogen) atoms. The second-order valence-corrected chi connectivity index (χ2v) is 13.4. The molecule has 0 radical (unpaired) electrons. The number of hydrogen-bond donors (Lipinski definition) is 5. The number of carbonyl (C=O) groups is 5. The summed E-state index contributed by atoms with van der Waals surface area (Å²) in [5.41, 5.74) is 1.25. The fourth-order valence-corrected chi connectivity index (χ4v) is 6.01. The molecule has 0 spiro atoms. The largest absolute Gasteiger partial charge is 0.467 e. The van der Waals surface area contributed by atoms with Crippen molar-refractivity contribution in [2.75, 3.05) is 20.3 Å². The molecule has 2 unspecified atom stereocenters. The molecule has 4 amide bonds. The average molecular weight is 731 g/mol. The van der Waals surface area contributed by atoms with Crippen molar-refractivity contribution in [1.29, 1.82) is 0 Å². The van der Waals surface area contributed by atoms with Gasteiger partial charge < -0.3 is 35.8 Å². The molecule has 4 atom stereocenters. The summed E-state index contributed by atoms with van der Waals surface area (Å²) in [6, 6.07) is 23.9. The smallest absolute Gasteiger partial charge is 0.408 e. The van der Waals surface area contributed by atoms with E-state index < -0.39 is 59.9 Å². The summed E-state index contributed by atoms with van der Waals surface area (Å²) < 4.78 is 10.3. The van der Waals surface area contributed by atoms with E-state index in [0.29, 0.717) is 12.0 Å². The van der Waals surface area contributed by atoms with Crippen LogP contribution in [-0.2, 0) is 41.7 Å². The topological polar surface area (TPSA) is 172 Å². The number of ether oxygens (including phenoxy) is 2. The number of aliphatic hydroxyl groups is 1. The number of esters is 1. The zero-order valence-electron chi connectivity index (χ0n) is 31.4. The van der Waals surface area contributed by atoms with Crippen LogP contribution in [0.25, 0.3) is 11.1 Å². The van der Waals surface area contributed by atoms with Gasteiger partial charge in [-0.3, -0.25) is 14.4 Å². The first-order chi connectivity index (χ1) is 25.4. The molecule has 3 aromatic carbocycles. The number of rotatable bonds is 20. The lowest BCUT2D eigenvalue weighted by atomic mass is 9.76. The Hall–Kier alpha value is -5.23. The Morgan fingerprint density at radius 2 is 1.47 bits per heavy atom. The molecule has 286 valence electrons. The summed E-state index contributed by atoms with van der Waals surface area (Å²) >= 11 is 0. The van der Waals surface area contributed by atoms with Crippen LogP contribution in [0.2, 0.25) is 0 Å². The van der Waals surface area contributed by atoms with Gasteiger partial charge in [-0.1, -0.05) is 119 Å². The van der Waals surface area contributed by atoms with E-state index in [0.717, 1.165) is 29.5 Å². The molecule has 12 nitrogen and oxygen atoms in total. The number of nitrogens with one attached hydrogen (secondary N) is 4. The molecular weight excluding hydrogens is 676 g/mol. The molecule has 0 bridgehead atoms. The Bertz CT molecular complexity index is 1640. The van der Waals surface area contributed by atoms with Crippen molar-refractivity contribution in [2.45, 2.75) is 84.0 Å². The van der Waals surface area contributed by atoms with Crippen LogP contribution in [0.1, 0.15) is 64.5 Å². The molecule has 0 saturated carbocycles. The summed E-state index contributed by atoms with van der Waals surface area (Å²) in [5, 5.41) is 22.1. The van der Waals surface area contributed by atoms with Gasteiger partial charge in [-0.25, -0.2) is 9.59 Å². The van der Waals surface area contributed by atoms with Gasteiger partial charge >= 0.3 is 12.1 Å². The van der Waals surface area contributed by atoms with Crippen molar-refractivity contribution < 1.29 is 38.6 Å². The fourth-order valence-electron chi connectivity index (χ4n) is 6.01. The Morgan fingerprint density at radius 1 is 0.830 bits per heavy atom. The van der Waals surface area contributed by atoms with Gasteiger partial charge in [0.15, 0.2) is 0 Å². The lowest BCUT2D eigenvalue weighted by Crippen LogP contribution is -2.68. The summed E-state index contributed by atoms with van der Waals surface area (Å²) in [6.45, 7) is 6.08. The van der Waals surface area contributed by atoms with Crippen LogP contribution in [0.4, 0.5) is 4.79 Å². The third-order valence-electron chi connectivity index (χ3n) is 9.14. The summed E-state index contributed by atoms with van der Waals surface area (Å²) in [6.07, 6.45) is 1.44. The second-order valence-electron chi connectivity index (χ2n) is 13.4. The molecule has 0 aromatic heterocycles. The number of methoxy groups -OCH3 is 1. The predicted octanol–water partition coefficient (Wildman–Crippen LogP) is 4.68. The van der Waals surface area contributed by atoms with E-state index in [-0.39, 0.29) is 31.9 Å². The maximum Gasteiger partial charge on any atom is 0.408 e. The van der Waals surface area contributed by atoms with Gasteiger partial charge in [-0.2, -0.15) is 0 Å². The van der Waals surface area contributed by atoms with E-state index in [1.807, 2.05) is 79.7 Å². The number of hydrogen-bond acceptors (Lipinski definition) is 8. The van der Waals surface area contributed by atoms with Crippen molar-refractivity contribution in [2.24, 2.45) is 11.8 Å². The molecule has 0 saturated heterocycles. The molecule has 0 aliphatic rings. The van der Waals surface area contributed by atoms with Gasteiger partial charge in [-0.15, -0.1) is 0 Å². The number of unbranched alkanes of at least 4 members (excludes halogenated alkanes) is 2. The Labute approximate surface area is 312 Å². The summed E-state index contributed by atoms with van der Waals surface area (Å²) in [7, 11) is 1.22. The highest BCUT2D eigenvalue weighted by molar-refractivity contribution is 5.95. The van der Waals surface area contributed by atoms with Crippen LogP contribution in [-0.4, -0.2) is 72.8 Å². The summed E-state index contributed by atoms with van der Waals surface area (Å²) in [5.74, 6) is -3.92. The Kier molecular flexibility index (Phi) is 17.0. The second kappa shape index (κ2) is 21.3. The molecule has 0 heterocycles. The molecule has 0 aliphatic carbocycles. The number of amides is 4. The van der Waals surface area contributed by atoms with Crippen LogP contribution in [0, 0.1) is 11.8 Å². The number of benzene rings is 3. The number of carbonyl (C=O) groups excluding carboxylic acids is 5. The highest BCUT2D eigenvalue weighted by Crippen LogP contribution is 2.31. The Morgan fingerprint density at radius 3 is 2.09 bits per heavy atom. The summed E-state index contributed by atoms with van der Waals surface area (Å²) in [4.78, 5) is 67.3. The van der Waals surface area contributed by atoms with E-state index in [9.17, 15) is 29.1 Å². The van der Waals surface area contributed by atoms with E-state index >= 15 is 0 Å². The first-order valence-corrected chi connectivity index (χ1v) is 18.1. The zero-order chi connectivity index (χ0) is 38.8. The highest BCUT2D eigenvalue weighted by Gasteiger charge is 2.48. The Balaban J connectivity index is 2.01. The van der Waals surface area contributed by atoms with Gasteiger partial charge in [0.1, 0.15) is 24.2 Å². The number of alkyl carbamates (subject to hydrolysis) is 1. The van der Waals surface area contributed by atoms with Gasteiger partial charge in [0, 0.05) is 25.3 Å². The minimum absolute atomic E-state index is 0.0105. The van der Waals surface area contributed by atoms with Crippen molar-refractivity contribution in [3.63, 3.8) is 0 Å². The van der Waals surface area contributed by atoms with Crippen LogP contribution < -0.4 is 21.3 Å². The lowest BCUT2D eigenvalue weighted by Gasteiger charge is -2.41. The van der Waals surface area contributed by atoms with Gasteiger partial charge in [-0.05, 0) is 41.5 Å². The SMILES string of the molecule is CCCCCC(=O)N[C@@](Cc1ccccc1-c1ccccc1)(C(=O)NC(C(=O)OC)C(C)C)C(CO)CNC(=O)[C@H](C)NC(=O)OCc1ccccc1. The van der Waals surface area contributed by atoms with Crippen LogP contribution in [0.15, 0.2) is 84.9 Å². The highest BCUT2D eigenvalue weighted by atomic mass is 16.5. The van der Waals surface area contributed by atoms with E-state index in [4.69, 9.17) is 9.47 Å². The van der Waals surface area contributed by atoms with Crippen LogP contribution >= 0.6 is 0 Å². The first kappa shape index (κ1) is 42.2. The zero-order valence-corrected chi connectivity index (χ0v) is 31.4. The van der Waals surface area contributed by atoms with Crippen molar-refractivity contribution in [3.05, 3.63) is 96.1 Å². The van der Waals surface area contributed by atoms with Gasteiger partial charge in [0.05, 0.1) is 13.7 Å². The number of aliphatic hydroxyl groups excluding tert-OH is 1. The molecular formula is C41H54N4O8. The molecule has 0 fully saturated rings. The molecule has 3 aromatic rings. The van der Waals surface area contributed by atoms with Crippen molar-refractivity contribution >= 4 is 29.8 Å². The van der Waals surface area contributed by atoms with Gasteiger partial charge in [0.25, 0.3) is 0 Å². The fraction of sp³-hybridized carbons (Fsp3) is 0.439. The molecule has 5 N–H and O–H groups in total. The minimum Gasteiger partial charge on any atom is -0.467 e. The van der Waals surface area contributed by atoms with Gasteiger partial charge in [0.2, 0.25) is 17.7 Å². The third-order valence-corrected chi connectivity index (χ3v) is 9.14. The minimum atomic E-state index is -1.87. The van der Waals surface area contributed by atoms with Crippen molar-refractivity contribution in [1.82, 2.24) is 21.3 Å². The van der Waals surface area contributed by atoms with Crippen molar-refractivity contribution in [3.8, 4) is 11.1 Å². The maximum atomic E-state index is 14.8. The van der Waals surface area contributed by atoms with E-state index in [1.54, 1.807) is 26.0 Å². The maximum absolute atomic E-state index is 14.8. The molecule has 0 aliphatic heterocycles. The normalized spacial score (nSPS) is 13.8. The van der Waals surface area contributed by atoms with E-state index in [1.165, 1.54) is 14.0 Å². The van der Waals surface area contributed by atoms with E-state index in [2.05, 4.69) is 21.3 Å². The quantitative estimate of drug-likeness (QED) is 0.0824. The lowest BCUT2D eigenvalue weighted by molar-refractivity contribution is -0.148. The van der Waals surface area contributed by atoms with Crippen LogP contribution in [0.5, 0.6) is 0 Å². The third kappa shape index (κ3) is 12.5. The molecule has 12 heteroatoms. The standard InChI is InChI=1S/C41H54N4O8/c1-6-7-10-23-35(47)45-41(39(50)44-36(28(2)3)38(49)52-5,24-32-21-15-16-22-34(32)31-19-13-9-14-20-31)33(26-46)25-42-37(48)29(4)43-40(51)53-27-30-17-11-8-12-18-30/h8-9,11-22,28-29,33,36,46H,6-7,10,23-27H2,1-5H3,(H,42,48)(H,43,51)(H,44,50)(H,45,47)/t29-,33?,36?,41+/m0/s1. The van der Waals surface area contributed by atoms with Crippen LogP contribution in [0.3, 0.4) is 0 Å². The average Bonchev–Trinajstić information content (AvgIpc) is 3.16.